The Bertz CT molecular complexity index is 619. The zero-order valence-electron chi connectivity index (χ0n) is 13.0. The molecule has 0 aromatic heterocycles. The molecule has 1 aromatic carbocycles. The highest BCUT2D eigenvalue weighted by molar-refractivity contribution is 5.97. The first-order chi connectivity index (χ1) is 11.1. The van der Waals surface area contributed by atoms with Gasteiger partial charge < -0.3 is 4.74 Å². The van der Waals surface area contributed by atoms with Crippen LogP contribution in [0.3, 0.4) is 0 Å². The number of para-hydroxylation sites is 1. The highest BCUT2D eigenvalue weighted by Gasteiger charge is 2.46. The van der Waals surface area contributed by atoms with Gasteiger partial charge in [-0.15, -0.1) is 0 Å². The number of anilines is 1. The summed E-state index contributed by atoms with van der Waals surface area (Å²) in [7, 11) is 0. The molecular formula is C16H19N3O4. The Morgan fingerprint density at radius 3 is 2.70 bits per heavy atom. The maximum atomic E-state index is 12.8. The molecule has 2 aliphatic heterocycles. The van der Waals surface area contributed by atoms with Crippen LogP contribution >= 0.6 is 0 Å². The van der Waals surface area contributed by atoms with Crippen molar-refractivity contribution in [2.45, 2.75) is 25.8 Å². The summed E-state index contributed by atoms with van der Waals surface area (Å²) in [5.41, 5.74) is 0.784. The Kier molecular flexibility index (Phi) is 4.18. The van der Waals surface area contributed by atoms with E-state index in [1.54, 1.807) is 11.8 Å². The van der Waals surface area contributed by atoms with E-state index < -0.39 is 5.97 Å². The summed E-state index contributed by atoms with van der Waals surface area (Å²) in [6, 6.07) is 8.86. The van der Waals surface area contributed by atoms with Crippen molar-refractivity contribution in [1.29, 1.82) is 0 Å². The zero-order valence-corrected chi connectivity index (χ0v) is 13.0. The summed E-state index contributed by atoms with van der Waals surface area (Å²) in [5, 5.41) is 2.63. The summed E-state index contributed by atoms with van der Waals surface area (Å²) in [5.74, 6) is -0.725. The van der Waals surface area contributed by atoms with Crippen LogP contribution in [0.4, 0.5) is 10.5 Å². The van der Waals surface area contributed by atoms with Gasteiger partial charge in [-0.2, -0.15) is 0 Å². The van der Waals surface area contributed by atoms with Crippen LogP contribution in [0, 0.1) is 0 Å². The molecule has 0 saturated carbocycles. The molecule has 122 valence electrons. The molecule has 1 atom stereocenters. The molecule has 0 bridgehead atoms. The minimum absolute atomic E-state index is 0.176. The summed E-state index contributed by atoms with van der Waals surface area (Å²) in [6.07, 6.45) is 0.944. The second kappa shape index (κ2) is 6.28. The number of benzene rings is 1. The number of urea groups is 1. The molecule has 23 heavy (non-hydrogen) atoms. The van der Waals surface area contributed by atoms with Crippen LogP contribution in [0.5, 0.6) is 0 Å². The van der Waals surface area contributed by atoms with Crippen molar-refractivity contribution in [3.8, 4) is 0 Å². The molecule has 0 radical (unpaired) electrons. The minimum Gasteiger partial charge on any atom is -0.465 e. The molecule has 0 N–H and O–H groups in total. The molecule has 2 aliphatic rings. The van der Waals surface area contributed by atoms with E-state index in [-0.39, 0.29) is 37.6 Å². The lowest BCUT2D eigenvalue weighted by atomic mass is 10.1. The average molecular weight is 317 g/mol. The average Bonchev–Trinajstić information content (AvgIpc) is 2.85. The van der Waals surface area contributed by atoms with Crippen LogP contribution in [0.1, 0.15) is 19.8 Å². The standard InChI is InChI=1S/C16H19N3O4/c1-2-23-15(21)11-18-14(20)10-13-8-9-17(16(22)19(13)18)12-6-4-3-5-7-12/h3-7,13H,2,8-11H2,1H3. The van der Waals surface area contributed by atoms with E-state index in [1.165, 1.54) is 10.0 Å². The van der Waals surface area contributed by atoms with Crippen LogP contribution in [-0.4, -0.2) is 53.7 Å². The molecule has 7 nitrogen and oxygen atoms in total. The number of fused-ring (bicyclic) bond motifs is 1. The first kappa shape index (κ1) is 15.3. The van der Waals surface area contributed by atoms with Gasteiger partial charge in [-0.3, -0.25) is 14.5 Å². The van der Waals surface area contributed by atoms with Crippen LogP contribution < -0.4 is 4.90 Å². The Labute approximate surface area is 134 Å². The maximum Gasteiger partial charge on any atom is 0.343 e. The molecular weight excluding hydrogens is 298 g/mol. The van der Waals surface area contributed by atoms with Crippen molar-refractivity contribution >= 4 is 23.6 Å². The third-order valence-electron chi connectivity index (χ3n) is 4.07. The summed E-state index contributed by atoms with van der Waals surface area (Å²) in [6.45, 7) is 2.28. The van der Waals surface area contributed by atoms with Crippen molar-refractivity contribution in [2.75, 3.05) is 24.6 Å². The SMILES string of the molecule is CCOC(=O)CN1C(=O)CC2CCN(c3ccccc3)C(=O)N21. The summed E-state index contributed by atoms with van der Waals surface area (Å²) in [4.78, 5) is 38.3. The fourth-order valence-electron chi connectivity index (χ4n) is 3.03. The highest BCUT2D eigenvalue weighted by Crippen LogP contribution is 2.30. The van der Waals surface area contributed by atoms with E-state index in [0.717, 1.165) is 5.69 Å². The largest absolute Gasteiger partial charge is 0.465 e. The van der Waals surface area contributed by atoms with E-state index >= 15 is 0 Å². The lowest BCUT2D eigenvalue weighted by Gasteiger charge is -2.40. The normalized spacial score (nSPS) is 20.7. The Morgan fingerprint density at radius 1 is 1.26 bits per heavy atom. The smallest absolute Gasteiger partial charge is 0.343 e. The van der Waals surface area contributed by atoms with Gasteiger partial charge in [0, 0.05) is 12.2 Å². The van der Waals surface area contributed by atoms with Gasteiger partial charge >= 0.3 is 12.0 Å². The number of nitrogens with zero attached hydrogens (tertiary/aromatic N) is 3. The van der Waals surface area contributed by atoms with E-state index in [2.05, 4.69) is 0 Å². The van der Waals surface area contributed by atoms with Gasteiger partial charge in [0.2, 0.25) is 5.91 Å². The second-order valence-corrected chi connectivity index (χ2v) is 5.52. The Hall–Kier alpha value is -2.57. The van der Waals surface area contributed by atoms with Gasteiger partial charge in [0.05, 0.1) is 19.1 Å². The van der Waals surface area contributed by atoms with Crippen molar-refractivity contribution in [1.82, 2.24) is 10.0 Å². The number of hydrogen-bond acceptors (Lipinski definition) is 4. The van der Waals surface area contributed by atoms with Gasteiger partial charge in [-0.25, -0.2) is 14.8 Å². The molecule has 7 heteroatoms. The Morgan fingerprint density at radius 2 is 2.00 bits per heavy atom. The quantitative estimate of drug-likeness (QED) is 0.787. The van der Waals surface area contributed by atoms with Crippen molar-refractivity contribution < 1.29 is 19.1 Å². The van der Waals surface area contributed by atoms with E-state index in [1.807, 2.05) is 30.3 Å². The number of hydrogen-bond donors (Lipinski definition) is 0. The summed E-state index contributed by atoms with van der Waals surface area (Å²) < 4.78 is 4.89. The number of hydrazine groups is 1. The molecule has 1 unspecified atom stereocenters. The van der Waals surface area contributed by atoms with Crippen molar-refractivity contribution in [2.24, 2.45) is 0 Å². The Balaban J connectivity index is 1.81. The zero-order chi connectivity index (χ0) is 16.4. The molecule has 0 spiro atoms. The summed E-state index contributed by atoms with van der Waals surface area (Å²) >= 11 is 0. The van der Waals surface area contributed by atoms with Crippen LogP contribution in [0.15, 0.2) is 30.3 Å². The van der Waals surface area contributed by atoms with E-state index in [0.29, 0.717) is 13.0 Å². The van der Waals surface area contributed by atoms with Crippen LogP contribution in [-0.2, 0) is 14.3 Å². The molecule has 2 saturated heterocycles. The van der Waals surface area contributed by atoms with Gasteiger partial charge in [0.1, 0.15) is 6.54 Å². The van der Waals surface area contributed by atoms with Gasteiger partial charge in [0.15, 0.2) is 0 Å². The number of carbonyl (C=O) groups excluding carboxylic acids is 3. The van der Waals surface area contributed by atoms with Crippen LogP contribution in [0.25, 0.3) is 0 Å². The molecule has 3 rings (SSSR count). The topological polar surface area (TPSA) is 70.2 Å². The number of rotatable bonds is 4. The maximum absolute atomic E-state index is 12.8. The first-order valence-electron chi connectivity index (χ1n) is 7.73. The number of amides is 3. The number of carbonyl (C=O) groups is 3. The van der Waals surface area contributed by atoms with Crippen molar-refractivity contribution in [3.05, 3.63) is 30.3 Å². The second-order valence-electron chi connectivity index (χ2n) is 5.52. The molecule has 2 fully saturated rings. The van der Waals surface area contributed by atoms with E-state index in [9.17, 15) is 14.4 Å². The van der Waals surface area contributed by atoms with E-state index in [4.69, 9.17) is 4.74 Å². The monoisotopic (exact) mass is 317 g/mol. The van der Waals surface area contributed by atoms with Gasteiger partial charge in [-0.05, 0) is 25.5 Å². The molecule has 0 aliphatic carbocycles. The minimum atomic E-state index is -0.508. The third-order valence-corrected chi connectivity index (χ3v) is 4.07. The van der Waals surface area contributed by atoms with Crippen molar-refractivity contribution in [3.63, 3.8) is 0 Å². The lowest BCUT2D eigenvalue weighted by molar-refractivity contribution is -0.153. The predicted molar refractivity (Wildman–Crippen MR) is 82.4 cm³/mol. The first-order valence-corrected chi connectivity index (χ1v) is 7.73. The molecule has 2 heterocycles. The highest BCUT2D eigenvalue weighted by atomic mass is 16.5. The predicted octanol–water partition coefficient (Wildman–Crippen LogP) is 1.40. The molecule has 3 amide bonds. The fourth-order valence-corrected chi connectivity index (χ4v) is 3.03. The fraction of sp³-hybridized carbons (Fsp3) is 0.438. The van der Waals surface area contributed by atoms with Gasteiger partial charge in [-0.1, -0.05) is 18.2 Å². The van der Waals surface area contributed by atoms with Crippen LogP contribution in [0.2, 0.25) is 0 Å². The molecule has 1 aromatic rings. The number of esters is 1. The third kappa shape index (κ3) is 2.86. The van der Waals surface area contributed by atoms with Gasteiger partial charge in [0.25, 0.3) is 0 Å². The number of ether oxygens (including phenoxy) is 1. The lowest BCUT2D eigenvalue weighted by Crippen LogP contribution is -2.58.